The third-order valence-corrected chi connectivity index (χ3v) is 10.2. The van der Waals surface area contributed by atoms with Crippen LogP contribution in [-0.2, 0) is 4.79 Å². The molecule has 292 valence electrons. The predicted octanol–water partition coefficient (Wildman–Crippen LogP) is 11.0. The molecule has 0 aliphatic carbocycles. The van der Waals surface area contributed by atoms with Crippen LogP contribution in [0.2, 0.25) is 0 Å². The van der Waals surface area contributed by atoms with Crippen LogP contribution in [0.3, 0.4) is 0 Å². The van der Waals surface area contributed by atoms with Gasteiger partial charge in [0.2, 0.25) is 5.91 Å². The Morgan fingerprint density at radius 1 is 0.490 bits per heavy atom. The molecule has 0 rings (SSSR count). The molecular formula is C43H85NO5. The van der Waals surface area contributed by atoms with Crippen LogP contribution in [-0.4, -0.2) is 57.3 Å². The molecule has 0 fully saturated rings. The van der Waals surface area contributed by atoms with Crippen LogP contribution in [0.4, 0.5) is 0 Å². The second-order valence-corrected chi connectivity index (χ2v) is 15.0. The van der Waals surface area contributed by atoms with E-state index in [0.717, 1.165) is 38.5 Å². The molecule has 1 amide bonds. The molecule has 6 heteroatoms. The molecule has 0 radical (unpaired) electrons. The molecular weight excluding hydrogens is 610 g/mol. The Balaban J connectivity index is 3.76. The maximum atomic E-state index is 12.5. The number of rotatable bonds is 39. The Morgan fingerprint density at radius 2 is 0.837 bits per heavy atom. The van der Waals surface area contributed by atoms with Gasteiger partial charge in [-0.2, -0.15) is 0 Å². The Labute approximate surface area is 304 Å². The van der Waals surface area contributed by atoms with Crippen LogP contribution in [0.15, 0.2) is 12.2 Å². The van der Waals surface area contributed by atoms with E-state index in [-0.39, 0.29) is 0 Å². The molecule has 5 N–H and O–H groups in total. The van der Waals surface area contributed by atoms with E-state index in [4.69, 9.17) is 0 Å². The van der Waals surface area contributed by atoms with E-state index >= 15 is 0 Å². The van der Waals surface area contributed by atoms with Gasteiger partial charge in [-0.05, 0) is 38.5 Å². The summed E-state index contributed by atoms with van der Waals surface area (Å²) in [6, 6.07) is -0.996. The summed E-state index contributed by atoms with van der Waals surface area (Å²) in [6.45, 7) is 4.04. The summed E-state index contributed by atoms with van der Waals surface area (Å²) < 4.78 is 0. The Bertz CT molecular complexity index is 702. The van der Waals surface area contributed by atoms with Crippen LogP contribution in [0, 0.1) is 0 Å². The summed E-state index contributed by atoms with van der Waals surface area (Å²) in [5.41, 5.74) is 0. The van der Waals surface area contributed by atoms with Crippen molar-refractivity contribution in [1.29, 1.82) is 0 Å². The van der Waals surface area contributed by atoms with Gasteiger partial charge in [0.15, 0.2) is 0 Å². The lowest BCUT2D eigenvalue weighted by molar-refractivity contribution is -0.132. The quantitative estimate of drug-likeness (QED) is 0.0325. The Kier molecular flexibility index (Phi) is 37.5. The van der Waals surface area contributed by atoms with Crippen molar-refractivity contribution in [3.05, 3.63) is 12.2 Å². The van der Waals surface area contributed by atoms with Crippen LogP contribution in [0.5, 0.6) is 0 Å². The van der Waals surface area contributed by atoms with Gasteiger partial charge in [0, 0.05) is 0 Å². The number of carbonyl (C=O) groups excluding carboxylic acids is 1. The number of amides is 1. The van der Waals surface area contributed by atoms with Gasteiger partial charge in [0.1, 0.15) is 12.2 Å². The highest BCUT2D eigenvalue weighted by atomic mass is 16.3. The molecule has 0 aromatic rings. The first-order valence-corrected chi connectivity index (χ1v) is 21.6. The smallest absolute Gasteiger partial charge is 0.249 e. The minimum atomic E-state index is -1.28. The number of aliphatic hydroxyl groups is 4. The van der Waals surface area contributed by atoms with Gasteiger partial charge in [0.05, 0.1) is 18.8 Å². The highest BCUT2D eigenvalue weighted by molar-refractivity contribution is 5.80. The Hall–Kier alpha value is -0.950. The first-order valence-electron chi connectivity index (χ1n) is 21.6. The van der Waals surface area contributed by atoms with Crippen molar-refractivity contribution in [2.24, 2.45) is 0 Å². The molecule has 0 saturated heterocycles. The Morgan fingerprint density at radius 3 is 1.22 bits per heavy atom. The lowest BCUT2D eigenvalue weighted by atomic mass is 10.00. The van der Waals surface area contributed by atoms with Crippen molar-refractivity contribution in [2.45, 2.75) is 250 Å². The molecule has 0 aliphatic rings. The standard InChI is InChI=1S/C43H85NO5/c1-3-5-7-9-11-13-15-17-19-21-23-25-27-29-31-33-35-37-41(47)43(49)44-39(38-45)42(48)40(46)36-34-32-30-28-26-24-22-20-18-16-14-12-10-8-6-4-2/h28,30,39-42,45-48H,3-27,29,31-38H2,1-2H3,(H,44,49)/b30-28+. The van der Waals surface area contributed by atoms with Crippen molar-refractivity contribution in [1.82, 2.24) is 5.32 Å². The summed E-state index contributed by atoms with van der Waals surface area (Å²) in [6.07, 6.45) is 41.0. The number of hydrogen-bond acceptors (Lipinski definition) is 5. The van der Waals surface area contributed by atoms with Gasteiger partial charge in [-0.1, -0.05) is 199 Å². The number of allylic oxidation sites excluding steroid dienone is 2. The monoisotopic (exact) mass is 696 g/mol. The molecule has 0 aromatic heterocycles. The average Bonchev–Trinajstić information content (AvgIpc) is 3.11. The number of aliphatic hydroxyl groups excluding tert-OH is 4. The lowest BCUT2D eigenvalue weighted by Gasteiger charge is -2.27. The fourth-order valence-corrected chi connectivity index (χ4v) is 6.76. The molecule has 4 atom stereocenters. The first kappa shape index (κ1) is 48.0. The van der Waals surface area contributed by atoms with Crippen molar-refractivity contribution < 1.29 is 25.2 Å². The highest BCUT2D eigenvalue weighted by Gasteiger charge is 2.28. The van der Waals surface area contributed by atoms with Crippen LogP contribution in [0.25, 0.3) is 0 Å². The molecule has 0 spiro atoms. The normalized spacial score (nSPS) is 14.3. The number of nitrogens with one attached hydrogen (secondary N) is 1. The molecule has 0 bridgehead atoms. The van der Waals surface area contributed by atoms with E-state index in [1.165, 1.54) is 161 Å². The molecule has 49 heavy (non-hydrogen) atoms. The summed E-state index contributed by atoms with van der Waals surface area (Å²) in [4.78, 5) is 12.5. The fraction of sp³-hybridized carbons (Fsp3) is 0.930. The van der Waals surface area contributed by atoms with E-state index in [0.29, 0.717) is 12.8 Å². The third kappa shape index (κ3) is 32.7. The summed E-state index contributed by atoms with van der Waals surface area (Å²) in [5, 5.41) is 43.6. The van der Waals surface area contributed by atoms with Crippen molar-refractivity contribution >= 4 is 5.91 Å². The first-order chi connectivity index (χ1) is 24.0. The number of carbonyl (C=O) groups is 1. The zero-order chi connectivity index (χ0) is 36.0. The van der Waals surface area contributed by atoms with Crippen molar-refractivity contribution in [3.63, 3.8) is 0 Å². The van der Waals surface area contributed by atoms with E-state index in [2.05, 4.69) is 31.3 Å². The van der Waals surface area contributed by atoms with Gasteiger partial charge in [-0.15, -0.1) is 0 Å². The molecule has 0 aliphatic heterocycles. The molecule has 4 unspecified atom stereocenters. The zero-order valence-corrected chi connectivity index (χ0v) is 32.7. The van der Waals surface area contributed by atoms with Crippen molar-refractivity contribution in [3.8, 4) is 0 Å². The van der Waals surface area contributed by atoms with Crippen molar-refractivity contribution in [2.75, 3.05) is 6.61 Å². The second kappa shape index (κ2) is 38.3. The summed E-state index contributed by atoms with van der Waals surface area (Å²) >= 11 is 0. The average molecular weight is 696 g/mol. The predicted molar refractivity (Wildman–Crippen MR) is 210 cm³/mol. The zero-order valence-electron chi connectivity index (χ0n) is 32.7. The SMILES string of the molecule is CCCCCCCCCCCCC/C=C/CCCC(O)C(O)C(CO)NC(=O)C(O)CCCCCCCCCCCCCCCCCCC. The van der Waals surface area contributed by atoms with E-state index in [1.807, 2.05) is 0 Å². The number of hydrogen-bond donors (Lipinski definition) is 5. The third-order valence-electron chi connectivity index (χ3n) is 10.2. The molecule has 6 nitrogen and oxygen atoms in total. The summed E-state index contributed by atoms with van der Waals surface area (Å²) in [7, 11) is 0. The maximum Gasteiger partial charge on any atom is 0.249 e. The lowest BCUT2D eigenvalue weighted by Crippen LogP contribution is -2.53. The van der Waals surface area contributed by atoms with Crippen LogP contribution < -0.4 is 5.32 Å². The van der Waals surface area contributed by atoms with E-state index in [9.17, 15) is 25.2 Å². The van der Waals surface area contributed by atoms with Gasteiger partial charge < -0.3 is 25.7 Å². The van der Waals surface area contributed by atoms with Crippen LogP contribution in [0.1, 0.15) is 226 Å². The van der Waals surface area contributed by atoms with Gasteiger partial charge in [-0.25, -0.2) is 0 Å². The number of unbranched alkanes of at least 4 members (excludes halogenated alkanes) is 28. The summed E-state index contributed by atoms with van der Waals surface area (Å²) in [5.74, 6) is -0.591. The topological polar surface area (TPSA) is 110 Å². The van der Waals surface area contributed by atoms with Gasteiger partial charge >= 0.3 is 0 Å². The molecule has 0 heterocycles. The minimum absolute atomic E-state index is 0.368. The van der Waals surface area contributed by atoms with E-state index in [1.54, 1.807) is 0 Å². The van der Waals surface area contributed by atoms with E-state index < -0.39 is 36.9 Å². The largest absolute Gasteiger partial charge is 0.394 e. The maximum absolute atomic E-state index is 12.5. The minimum Gasteiger partial charge on any atom is -0.394 e. The van der Waals surface area contributed by atoms with Gasteiger partial charge in [0.25, 0.3) is 0 Å². The highest BCUT2D eigenvalue weighted by Crippen LogP contribution is 2.16. The molecule has 0 saturated carbocycles. The second-order valence-electron chi connectivity index (χ2n) is 15.0. The van der Waals surface area contributed by atoms with Crippen LogP contribution >= 0.6 is 0 Å². The fourth-order valence-electron chi connectivity index (χ4n) is 6.76. The van der Waals surface area contributed by atoms with Gasteiger partial charge in [-0.3, -0.25) is 4.79 Å². The molecule has 0 aromatic carbocycles.